The number of alkyl halides is 2. The Morgan fingerprint density at radius 3 is 2.69 bits per heavy atom. The van der Waals surface area contributed by atoms with Crippen molar-refractivity contribution < 1.29 is 31.5 Å². The number of aryl methyl sites for hydroxylation is 1. The van der Waals surface area contributed by atoms with Gasteiger partial charge in [0.2, 0.25) is 6.43 Å². The Bertz CT molecular complexity index is 961. The van der Waals surface area contributed by atoms with E-state index in [-0.39, 0.29) is 23.4 Å². The van der Waals surface area contributed by atoms with Crippen LogP contribution in [-0.4, -0.2) is 42.6 Å². The number of nitrogens with one attached hydrogen (secondary N) is 2. The molecule has 26 heavy (non-hydrogen) atoms. The van der Waals surface area contributed by atoms with E-state index in [0.29, 0.717) is 4.31 Å². The van der Waals surface area contributed by atoms with Gasteiger partial charge in [0.15, 0.2) is 5.82 Å². The maximum Gasteiger partial charge on any atom is 0.326 e. The van der Waals surface area contributed by atoms with Crippen molar-refractivity contribution in [2.24, 2.45) is 0 Å². The van der Waals surface area contributed by atoms with Gasteiger partial charge in [0.25, 0.3) is 5.91 Å². The zero-order chi connectivity index (χ0) is 19.1. The van der Waals surface area contributed by atoms with Crippen LogP contribution in [0.2, 0.25) is 0 Å². The van der Waals surface area contributed by atoms with Crippen LogP contribution in [-0.2, 0) is 21.4 Å². The lowest BCUT2D eigenvalue weighted by Gasteiger charge is -2.18. The smallest absolute Gasteiger partial charge is 0.326 e. The standard InChI is InChI=1S/C14H13F3N4O4S/c15-11(16)4-1-7-5-9(19-18-7)8-2-3-10(22)14(13(8)17)21-6-12(23)20-26(21,24)25/h2-3,5,11,22H,1,4,6H2,(H,18,19)(H,20,23). The predicted octanol–water partition coefficient (Wildman–Crippen LogP) is 1.30. The lowest BCUT2D eigenvalue weighted by Crippen LogP contribution is -2.30. The highest BCUT2D eigenvalue weighted by Crippen LogP contribution is 2.38. The third kappa shape index (κ3) is 3.31. The van der Waals surface area contributed by atoms with Gasteiger partial charge in [-0.05, 0) is 24.6 Å². The van der Waals surface area contributed by atoms with Crippen molar-refractivity contribution >= 4 is 21.8 Å². The fourth-order valence-corrected chi connectivity index (χ4v) is 3.70. The molecule has 3 rings (SSSR count). The molecule has 0 aliphatic carbocycles. The maximum absolute atomic E-state index is 14.9. The highest BCUT2D eigenvalue weighted by atomic mass is 32.2. The SMILES string of the molecule is O=C1CN(c2c(O)ccc(-c3cc(CCC(F)F)n[nH]3)c2F)S(=O)(=O)N1. The Kier molecular flexibility index (Phi) is 4.52. The van der Waals surface area contributed by atoms with Crippen molar-refractivity contribution in [3.63, 3.8) is 0 Å². The second-order valence-electron chi connectivity index (χ2n) is 5.53. The van der Waals surface area contributed by atoms with Gasteiger partial charge < -0.3 is 5.11 Å². The van der Waals surface area contributed by atoms with Crippen LogP contribution in [0.15, 0.2) is 18.2 Å². The number of nitrogens with zero attached hydrogens (tertiary/aromatic N) is 2. The average Bonchev–Trinajstić information content (AvgIpc) is 3.09. The molecule has 2 aromatic rings. The largest absolute Gasteiger partial charge is 0.506 e. The van der Waals surface area contributed by atoms with Gasteiger partial charge in [0.05, 0.1) is 11.4 Å². The first-order chi connectivity index (χ1) is 12.2. The molecule has 0 spiro atoms. The van der Waals surface area contributed by atoms with E-state index in [1.54, 1.807) is 4.72 Å². The first-order valence-electron chi connectivity index (χ1n) is 7.36. The third-order valence-corrected chi connectivity index (χ3v) is 5.08. The number of aromatic nitrogens is 2. The van der Waals surface area contributed by atoms with Crippen LogP contribution >= 0.6 is 0 Å². The number of phenolic OH excluding ortho intramolecular Hbond substituents is 1. The lowest BCUT2D eigenvalue weighted by atomic mass is 10.1. The number of phenols is 1. The van der Waals surface area contributed by atoms with E-state index < -0.39 is 52.8 Å². The molecule has 1 aromatic heterocycles. The van der Waals surface area contributed by atoms with E-state index in [1.807, 2.05) is 0 Å². The van der Waals surface area contributed by atoms with Crippen LogP contribution in [0.4, 0.5) is 18.9 Å². The fourth-order valence-electron chi connectivity index (χ4n) is 2.53. The average molecular weight is 390 g/mol. The highest BCUT2D eigenvalue weighted by Gasteiger charge is 2.38. The molecule has 0 atom stereocenters. The molecule has 2 heterocycles. The molecule has 1 aliphatic rings. The topological polar surface area (TPSA) is 115 Å². The van der Waals surface area contributed by atoms with Gasteiger partial charge in [-0.1, -0.05) is 0 Å². The number of carbonyl (C=O) groups is 1. The van der Waals surface area contributed by atoms with Crippen LogP contribution in [0.3, 0.4) is 0 Å². The van der Waals surface area contributed by atoms with Crippen molar-refractivity contribution in [1.29, 1.82) is 0 Å². The minimum Gasteiger partial charge on any atom is -0.506 e. The second kappa shape index (κ2) is 6.52. The summed E-state index contributed by atoms with van der Waals surface area (Å²) in [5.74, 6) is -2.65. The van der Waals surface area contributed by atoms with Gasteiger partial charge >= 0.3 is 10.2 Å². The number of carbonyl (C=O) groups excluding carboxylic acids is 1. The molecule has 1 aliphatic heterocycles. The van der Waals surface area contributed by atoms with Gasteiger partial charge in [-0.3, -0.25) is 9.89 Å². The van der Waals surface area contributed by atoms with Crippen molar-refractivity contribution in [3.05, 3.63) is 29.7 Å². The van der Waals surface area contributed by atoms with Crippen molar-refractivity contribution in [1.82, 2.24) is 14.9 Å². The Labute approximate surface area is 145 Å². The highest BCUT2D eigenvalue weighted by molar-refractivity contribution is 7.92. The number of benzene rings is 1. The minimum atomic E-state index is -4.32. The molecule has 0 saturated carbocycles. The number of rotatable bonds is 5. The first-order valence-corrected chi connectivity index (χ1v) is 8.80. The molecule has 8 nitrogen and oxygen atoms in total. The van der Waals surface area contributed by atoms with Crippen LogP contribution in [0.5, 0.6) is 5.75 Å². The number of halogens is 3. The number of amides is 1. The van der Waals surface area contributed by atoms with E-state index in [2.05, 4.69) is 10.2 Å². The summed E-state index contributed by atoms with van der Waals surface area (Å²) in [6, 6.07) is 3.59. The van der Waals surface area contributed by atoms with Crippen molar-refractivity contribution in [2.75, 3.05) is 10.8 Å². The van der Waals surface area contributed by atoms with E-state index in [4.69, 9.17) is 0 Å². The first kappa shape index (κ1) is 18.0. The summed E-state index contributed by atoms with van der Waals surface area (Å²) >= 11 is 0. The Morgan fingerprint density at radius 1 is 1.35 bits per heavy atom. The van der Waals surface area contributed by atoms with Crippen molar-refractivity contribution in [3.8, 4) is 17.0 Å². The Morgan fingerprint density at radius 2 is 2.08 bits per heavy atom. The Balaban J connectivity index is 2.00. The zero-order valence-corrected chi connectivity index (χ0v) is 13.9. The zero-order valence-electron chi connectivity index (χ0n) is 13.0. The molecule has 12 heteroatoms. The van der Waals surface area contributed by atoms with Crippen molar-refractivity contribution in [2.45, 2.75) is 19.3 Å². The molecule has 140 valence electrons. The van der Waals surface area contributed by atoms with E-state index >= 15 is 0 Å². The quantitative estimate of drug-likeness (QED) is 0.712. The van der Waals surface area contributed by atoms with Crippen LogP contribution in [0.1, 0.15) is 12.1 Å². The minimum absolute atomic E-state index is 0.0281. The summed E-state index contributed by atoms with van der Waals surface area (Å²) in [4.78, 5) is 11.3. The molecule has 3 N–H and O–H groups in total. The molecule has 0 radical (unpaired) electrons. The number of anilines is 1. The summed E-state index contributed by atoms with van der Waals surface area (Å²) in [5, 5.41) is 16.2. The van der Waals surface area contributed by atoms with Crippen LogP contribution < -0.4 is 9.03 Å². The van der Waals surface area contributed by atoms with Gasteiger partial charge in [-0.15, -0.1) is 0 Å². The normalized spacial score (nSPS) is 16.3. The maximum atomic E-state index is 14.9. The summed E-state index contributed by atoms with van der Waals surface area (Å²) in [6.07, 6.45) is -2.94. The second-order valence-corrected chi connectivity index (χ2v) is 7.13. The number of hydrogen-bond donors (Lipinski definition) is 3. The lowest BCUT2D eigenvalue weighted by molar-refractivity contribution is -0.117. The summed E-state index contributed by atoms with van der Waals surface area (Å²) in [6.45, 7) is -0.682. The molecule has 1 fully saturated rings. The molecule has 0 unspecified atom stereocenters. The number of aromatic amines is 1. The van der Waals surface area contributed by atoms with E-state index in [0.717, 1.165) is 6.07 Å². The monoisotopic (exact) mass is 390 g/mol. The molecular formula is C14H13F3N4O4S. The molecule has 1 aromatic carbocycles. The number of hydrogen-bond acceptors (Lipinski definition) is 5. The van der Waals surface area contributed by atoms with Gasteiger partial charge in [0.1, 0.15) is 18.0 Å². The summed E-state index contributed by atoms with van der Waals surface area (Å²) in [7, 11) is -4.32. The van der Waals surface area contributed by atoms with Crippen LogP contribution in [0.25, 0.3) is 11.3 Å². The third-order valence-electron chi connectivity index (χ3n) is 3.70. The number of H-pyrrole nitrogens is 1. The predicted molar refractivity (Wildman–Crippen MR) is 84.4 cm³/mol. The van der Waals surface area contributed by atoms with Gasteiger partial charge in [0, 0.05) is 12.0 Å². The number of aromatic hydroxyl groups is 1. The Hall–Kier alpha value is -2.76. The van der Waals surface area contributed by atoms with Crippen LogP contribution in [0, 0.1) is 5.82 Å². The van der Waals surface area contributed by atoms with E-state index in [9.17, 15) is 31.5 Å². The molecular weight excluding hydrogens is 377 g/mol. The van der Waals surface area contributed by atoms with Gasteiger partial charge in [-0.25, -0.2) is 22.2 Å². The molecule has 1 amide bonds. The molecule has 1 saturated heterocycles. The summed E-state index contributed by atoms with van der Waals surface area (Å²) < 4.78 is 65.3. The summed E-state index contributed by atoms with van der Waals surface area (Å²) in [5.41, 5.74) is -0.434. The van der Waals surface area contributed by atoms with Gasteiger partial charge in [-0.2, -0.15) is 13.5 Å². The van der Waals surface area contributed by atoms with E-state index in [1.165, 1.54) is 12.1 Å². The molecule has 0 bridgehead atoms. The fraction of sp³-hybridized carbons (Fsp3) is 0.286.